The molecule has 0 unspecified atom stereocenters. The number of ether oxygens (including phenoxy) is 1. The summed E-state index contributed by atoms with van der Waals surface area (Å²) in [6.07, 6.45) is 6.10. The Morgan fingerprint density at radius 2 is 2.28 bits per heavy atom. The molecule has 0 aliphatic rings. The molecule has 7 nitrogen and oxygen atoms in total. The highest BCUT2D eigenvalue weighted by atomic mass is 32.1. The summed E-state index contributed by atoms with van der Waals surface area (Å²) in [6.45, 7) is 1.14. The fraction of sp³-hybridized carbons (Fsp3) is 0.250. The van der Waals surface area contributed by atoms with Crippen molar-refractivity contribution in [1.29, 1.82) is 0 Å². The fourth-order valence-electron chi connectivity index (χ4n) is 2.18. The monoisotopic (exact) mass is 361 g/mol. The predicted molar refractivity (Wildman–Crippen MR) is 90.7 cm³/mol. The third-order valence-electron chi connectivity index (χ3n) is 3.37. The van der Waals surface area contributed by atoms with E-state index in [1.54, 1.807) is 24.7 Å². The summed E-state index contributed by atoms with van der Waals surface area (Å²) in [4.78, 5) is 15.8. The van der Waals surface area contributed by atoms with Crippen LogP contribution in [-0.4, -0.2) is 37.4 Å². The number of aryl methyl sites for hydroxylation is 1. The molecule has 1 aromatic carbocycles. The van der Waals surface area contributed by atoms with Crippen LogP contribution in [-0.2, 0) is 11.3 Å². The molecule has 0 saturated heterocycles. The van der Waals surface area contributed by atoms with Crippen molar-refractivity contribution >= 4 is 17.6 Å². The van der Waals surface area contributed by atoms with Gasteiger partial charge in [-0.05, 0) is 18.6 Å². The van der Waals surface area contributed by atoms with Crippen LogP contribution in [0.2, 0.25) is 0 Å². The van der Waals surface area contributed by atoms with E-state index < -0.39 is 0 Å². The summed E-state index contributed by atoms with van der Waals surface area (Å²) in [7, 11) is 0. The summed E-state index contributed by atoms with van der Waals surface area (Å²) in [6, 6.07) is 5.99. The second kappa shape index (κ2) is 8.34. The van der Waals surface area contributed by atoms with Gasteiger partial charge in [0.2, 0.25) is 0 Å². The quantitative estimate of drug-likeness (QED) is 0.622. The second-order valence-electron chi connectivity index (χ2n) is 5.22. The second-order valence-corrected chi connectivity index (χ2v) is 5.75. The van der Waals surface area contributed by atoms with Gasteiger partial charge in [-0.2, -0.15) is 4.37 Å². The van der Waals surface area contributed by atoms with Crippen LogP contribution in [0.3, 0.4) is 0 Å². The van der Waals surface area contributed by atoms with Gasteiger partial charge in [0.25, 0.3) is 11.8 Å². The highest BCUT2D eigenvalue weighted by Crippen LogP contribution is 2.27. The number of nitrogens with zero attached hydrogens (tertiary/aromatic N) is 4. The number of benzene rings is 1. The lowest BCUT2D eigenvalue weighted by atomic mass is 10.1. The lowest BCUT2D eigenvalue weighted by Gasteiger charge is -2.07. The van der Waals surface area contributed by atoms with E-state index >= 15 is 0 Å². The van der Waals surface area contributed by atoms with Crippen LogP contribution < -0.4 is 10.1 Å². The first-order valence-electron chi connectivity index (χ1n) is 7.66. The SMILES string of the molecule is O=C(COc1nsnc1-c1cccc(F)c1)NCCCn1ccnc1. The van der Waals surface area contributed by atoms with Gasteiger partial charge in [-0.3, -0.25) is 4.79 Å². The topological polar surface area (TPSA) is 81.9 Å². The standard InChI is InChI=1S/C16H16FN5O2S/c17-13-4-1-3-12(9-13)15-16(21-25-20-15)24-10-14(23)19-5-2-7-22-8-6-18-11-22/h1,3-4,6,8-9,11H,2,5,7,10H2,(H,19,23). The van der Waals surface area contributed by atoms with E-state index in [0.717, 1.165) is 24.7 Å². The van der Waals surface area contributed by atoms with E-state index in [4.69, 9.17) is 4.74 Å². The van der Waals surface area contributed by atoms with E-state index in [1.165, 1.54) is 12.1 Å². The average molecular weight is 361 g/mol. The fourth-order valence-corrected chi connectivity index (χ4v) is 2.70. The molecule has 2 aromatic heterocycles. The van der Waals surface area contributed by atoms with Crippen molar-refractivity contribution in [2.24, 2.45) is 0 Å². The Kier molecular flexibility index (Phi) is 5.68. The molecule has 2 heterocycles. The van der Waals surface area contributed by atoms with Gasteiger partial charge in [-0.25, -0.2) is 9.37 Å². The zero-order valence-corrected chi connectivity index (χ0v) is 14.1. The molecule has 0 spiro atoms. The first-order valence-corrected chi connectivity index (χ1v) is 8.39. The molecule has 1 N–H and O–H groups in total. The number of aromatic nitrogens is 4. The smallest absolute Gasteiger partial charge is 0.258 e. The van der Waals surface area contributed by atoms with E-state index in [0.29, 0.717) is 17.8 Å². The minimum absolute atomic E-state index is 0.168. The maximum absolute atomic E-state index is 13.3. The van der Waals surface area contributed by atoms with Gasteiger partial charge in [-0.15, -0.1) is 4.37 Å². The van der Waals surface area contributed by atoms with Crippen LogP contribution >= 0.6 is 11.7 Å². The third kappa shape index (κ3) is 4.83. The van der Waals surface area contributed by atoms with E-state index in [1.807, 2.05) is 10.8 Å². The molecule has 130 valence electrons. The highest BCUT2D eigenvalue weighted by Gasteiger charge is 2.14. The van der Waals surface area contributed by atoms with E-state index in [2.05, 4.69) is 19.0 Å². The molecule has 25 heavy (non-hydrogen) atoms. The molecule has 3 rings (SSSR count). The summed E-state index contributed by atoms with van der Waals surface area (Å²) in [5.41, 5.74) is 0.988. The Balaban J connectivity index is 1.45. The molecule has 0 aliphatic heterocycles. The third-order valence-corrected chi connectivity index (χ3v) is 3.88. The summed E-state index contributed by atoms with van der Waals surface area (Å²) in [5, 5.41) is 2.77. The molecule has 3 aromatic rings. The number of carbonyl (C=O) groups excluding carboxylic acids is 1. The van der Waals surface area contributed by atoms with Gasteiger partial charge in [0.15, 0.2) is 6.61 Å². The Morgan fingerprint density at radius 1 is 1.36 bits per heavy atom. The number of halogens is 1. The van der Waals surface area contributed by atoms with Crippen molar-refractivity contribution in [3.63, 3.8) is 0 Å². The Hall–Kier alpha value is -2.81. The summed E-state index contributed by atoms with van der Waals surface area (Å²) in [5.74, 6) is -0.389. The van der Waals surface area contributed by atoms with Crippen LogP contribution in [0.15, 0.2) is 43.0 Å². The summed E-state index contributed by atoms with van der Waals surface area (Å²) < 4.78 is 28.8. The minimum atomic E-state index is -0.368. The largest absolute Gasteiger partial charge is 0.465 e. The van der Waals surface area contributed by atoms with Gasteiger partial charge in [-0.1, -0.05) is 12.1 Å². The Labute approximate surface area is 147 Å². The molecular weight excluding hydrogens is 345 g/mol. The number of hydrogen-bond donors (Lipinski definition) is 1. The van der Waals surface area contributed by atoms with Crippen LogP contribution in [0.25, 0.3) is 11.3 Å². The van der Waals surface area contributed by atoms with Crippen molar-refractivity contribution in [2.45, 2.75) is 13.0 Å². The van der Waals surface area contributed by atoms with Gasteiger partial charge in [0.05, 0.1) is 18.1 Å². The molecule has 0 radical (unpaired) electrons. The Bertz CT molecular complexity index is 822. The average Bonchev–Trinajstić information content (AvgIpc) is 3.28. The number of carbonyl (C=O) groups is 1. The van der Waals surface area contributed by atoms with E-state index in [-0.39, 0.29) is 24.2 Å². The maximum atomic E-state index is 13.3. The van der Waals surface area contributed by atoms with Gasteiger partial charge in [0.1, 0.15) is 11.5 Å². The van der Waals surface area contributed by atoms with Crippen molar-refractivity contribution in [1.82, 2.24) is 23.6 Å². The zero-order valence-electron chi connectivity index (χ0n) is 13.3. The van der Waals surface area contributed by atoms with Crippen molar-refractivity contribution in [3.05, 3.63) is 48.8 Å². The zero-order chi connectivity index (χ0) is 17.5. The lowest BCUT2D eigenvalue weighted by Crippen LogP contribution is -2.30. The van der Waals surface area contributed by atoms with Crippen molar-refractivity contribution in [2.75, 3.05) is 13.2 Å². The first kappa shape index (κ1) is 17.0. The molecule has 0 aliphatic carbocycles. The van der Waals surface area contributed by atoms with Gasteiger partial charge >= 0.3 is 0 Å². The first-order chi connectivity index (χ1) is 12.2. The number of nitrogens with one attached hydrogen (secondary N) is 1. The molecule has 9 heteroatoms. The number of hydrogen-bond acceptors (Lipinski definition) is 6. The van der Waals surface area contributed by atoms with Gasteiger partial charge < -0.3 is 14.6 Å². The van der Waals surface area contributed by atoms with Crippen LogP contribution in [0.5, 0.6) is 5.88 Å². The number of imidazole rings is 1. The van der Waals surface area contributed by atoms with Crippen LogP contribution in [0.4, 0.5) is 4.39 Å². The Morgan fingerprint density at radius 3 is 3.08 bits per heavy atom. The predicted octanol–water partition coefficient (Wildman–Crippen LogP) is 2.13. The molecular formula is C16H16FN5O2S. The normalized spacial score (nSPS) is 10.6. The van der Waals surface area contributed by atoms with Crippen LogP contribution in [0.1, 0.15) is 6.42 Å². The van der Waals surface area contributed by atoms with E-state index in [9.17, 15) is 9.18 Å². The molecule has 0 fully saturated rings. The lowest BCUT2D eigenvalue weighted by molar-refractivity contribution is -0.123. The van der Waals surface area contributed by atoms with Crippen molar-refractivity contribution in [3.8, 4) is 17.1 Å². The summed E-state index contributed by atoms with van der Waals surface area (Å²) >= 11 is 0.951. The molecule has 1 amide bonds. The minimum Gasteiger partial charge on any atom is -0.465 e. The van der Waals surface area contributed by atoms with Crippen molar-refractivity contribution < 1.29 is 13.9 Å². The maximum Gasteiger partial charge on any atom is 0.258 e. The number of amides is 1. The number of rotatable bonds is 8. The highest BCUT2D eigenvalue weighted by molar-refractivity contribution is 6.99. The molecule has 0 saturated carbocycles. The van der Waals surface area contributed by atoms with Crippen LogP contribution in [0, 0.1) is 5.82 Å². The van der Waals surface area contributed by atoms with Gasteiger partial charge in [0, 0.05) is 31.0 Å². The molecule has 0 atom stereocenters. The molecule has 0 bridgehead atoms.